The maximum Gasteiger partial charge on any atom is 0.348 e. The third-order valence-electron chi connectivity index (χ3n) is 1.54. The molecule has 1 heterocycles. The molecule has 0 aliphatic carbocycles. The van der Waals surface area contributed by atoms with Gasteiger partial charge in [-0.3, -0.25) is 0 Å². The molecule has 0 spiro atoms. The van der Waals surface area contributed by atoms with Crippen LogP contribution < -0.4 is 21.2 Å². The molecule has 0 radical (unpaired) electrons. The molecule has 0 saturated carbocycles. The zero-order chi connectivity index (χ0) is 8.55. The number of fused-ring (bicyclic) bond motifs is 1. The van der Waals surface area contributed by atoms with Gasteiger partial charge in [-0.05, 0) is 12.1 Å². The minimum Gasteiger partial charge on any atom is -0.591 e. The molecule has 0 aromatic heterocycles. The summed E-state index contributed by atoms with van der Waals surface area (Å²) >= 11 is 0. The van der Waals surface area contributed by atoms with E-state index < -0.39 is 8.03 Å². The summed E-state index contributed by atoms with van der Waals surface area (Å²) in [5.74, 6) is 0. The van der Waals surface area contributed by atoms with Crippen LogP contribution in [0.3, 0.4) is 0 Å². The van der Waals surface area contributed by atoms with Crippen molar-refractivity contribution in [2.45, 2.75) is 0 Å². The Hall–Kier alpha value is -1.16. The van der Waals surface area contributed by atoms with Crippen LogP contribution in [0.5, 0.6) is 0 Å². The van der Waals surface area contributed by atoms with Crippen LogP contribution in [0.4, 0.5) is 11.4 Å². The van der Waals surface area contributed by atoms with Crippen LogP contribution in [0.1, 0.15) is 0 Å². The second-order valence-corrected chi connectivity index (χ2v) is 3.32. The molecule has 0 bridgehead atoms. The quantitative estimate of drug-likeness (QED) is 0.605. The van der Waals surface area contributed by atoms with Gasteiger partial charge in [-0.15, -0.1) is 0 Å². The van der Waals surface area contributed by atoms with E-state index in [0.717, 1.165) is 5.69 Å². The summed E-state index contributed by atoms with van der Waals surface area (Å²) in [7, 11) is -2.53. The van der Waals surface area contributed by atoms with Gasteiger partial charge in [0.2, 0.25) is 0 Å². The van der Waals surface area contributed by atoms with Gasteiger partial charge in [0.15, 0.2) is 5.30 Å². The number of benzene rings is 1. The highest BCUT2D eigenvalue weighted by molar-refractivity contribution is 7.45. The van der Waals surface area contributed by atoms with Gasteiger partial charge in [0.05, 0.1) is 11.4 Å². The summed E-state index contributed by atoms with van der Waals surface area (Å²) in [6.07, 6.45) is 0. The van der Waals surface area contributed by atoms with Gasteiger partial charge in [-0.2, -0.15) is 4.94 Å². The molecule has 0 amide bonds. The smallest absolute Gasteiger partial charge is 0.348 e. The lowest BCUT2D eigenvalue weighted by atomic mass is 10.3. The van der Waals surface area contributed by atoms with Crippen molar-refractivity contribution in [2.75, 3.05) is 11.0 Å². The van der Waals surface area contributed by atoms with Gasteiger partial charge in [-0.25, -0.2) is 11.0 Å². The molecule has 62 valence electrons. The van der Waals surface area contributed by atoms with Gasteiger partial charge in [-0.1, -0.05) is 4.57 Å². The molecular formula is C6H5N2O3P. The number of hydrogen-bond donors (Lipinski definition) is 2. The first-order valence-electron chi connectivity index (χ1n) is 3.24. The molecule has 1 unspecified atom stereocenters. The Bertz CT molecular complexity index is 342. The molecule has 12 heavy (non-hydrogen) atoms. The highest BCUT2D eigenvalue weighted by atomic mass is 31.1. The Kier molecular flexibility index (Phi) is 1.69. The molecular weight excluding hydrogens is 179 g/mol. The largest absolute Gasteiger partial charge is 0.591 e. The van der Waals surface area contributed by atoms with E-state index in [1.807, 2.05) is 0 Å². The minimum atomic E-state index is -2.53. The van der Waals surface area contributed by atoms with Crippen LogP contribution in [0.15, 0.2) is 18.2 Å². The van der Waals surface area contributed by atoms with Gasteiger partial charge in [0, 0.05) is 6.07 Å². The molecule has 5 nitrogen and oxygen atoms in total. The topological polar surface area (TPSA) is 73.4 Å². The molecule has 6 heteroatoms. The fourth-order valence-corrected chi connectivity index (χ4v) is 1.39. The summed E-state index contributed by atoms with van der Waals surface area (Å²) < 4.78 is 10.5. The Morgan fingerprint density at radius 1 is 1.33 bits per heavy atom. The zero-order valence-electron chi connectivity index (χ0n) is 5.90. The van der Waals surface area contributed by atoms with E-state index in [4.69, 9.17) is 0 Å². The molecule has 2 N–H and O–H groups in total. The molecule has 1 atom stereocenters. The van der Waals surface area contributed by atoms with E-state index >= 15 is 0 Å². The lowest BCUT2D eigenvalue weighted by Gasteiger charge is -1.93. The van der Waals surface area contributed by atoms with Crippen molar-refractivity contribution in [3.05, 3.63) is 18.2 Å². The van der Waals surface area contributed by atoms with E-state index in [9.17, 15) is 9.46 Å². The van der Waals surface area contributed by atoms with Gasteiger partial charge >= 0.3 is 8.03 Å². The monoisotopic (exact) mass is 184 g/mol. The maximum absolute atomic E-state index is 10.5. The molecule has 0 saturated heterocycles. The van der Waals surface area contributed by atoms with E-state index in [2.05, 4.69) is 15.9 Å². The van der Waals surface area contributed by atoms with E-state index in [-0.39, 0.29) is 5.30 Å². The van der Waals surface area contributed by atoms with Crippen molar-refractivity contribution < 1.29 is 14.4 Å². The summed E-state index contributed by atoms with van der Waals surface area (Å²) in [6.45, 7) is 0. The Morgan fingerprint density at radius 3 is 2.83 bits per heavy atom. The Morgan fingerprint density at radius 2 is 2.08 bits per heavy atom. The highest BCUT2D eigenvalue weighted by Crippen LogP contribution is 2.26. The van der Waals surface area contributed by atoms with E-state index in [1.165, 1.54) is 12.1 Å². The van der Waals surface area contributed by atoms with Gasteiger partial charge in [0.25, 0.3) is 0 Å². The van der Waals surface area contributed by atoms with Crippen molar-refractivity contribution in [3.63, 3.8) is 0 Å². The van der Waals surface area contributed by atoms with Crippen molar-refractivity contribution in [3.8, 4) is 0 Å². The number of anilines is 2. The van der Waals surface area contributed by atoms with Crippen LogP contribution >= 0.6 is 8.03 Å². The van der Waals surface area contributed by atoms with E-state index in [0.29, 0.717) is 5.69 Å². The normalized spacial score (nSPS) is 14.6. The van der Waals surface area contributed by atoms with E-state index in [1.54, 1.807) is 6.07 Å². The van der Waals surface area contributed by atoms with Crippen LogP contribution in [0.2, 0.25) is 0 Å². The predicted molar refractivity (Wildman–Crippen MR) is 42.0 cm³/mol. The molecule has 0 fully saturated rings. The zero-order valence-corrected chi connectivity index (χ0v) is 6.80. The molecule has 1 aromatic carbocycles. The number of hydrogen-bond acceptors (Lipinski definition) is 5. The number of nitrogens with one attached hydrogen (secondary N) is 2. The second-order valence-electron chi connectivity index (χ2n) is 2.29. The number of rotatable bonds is 1. The van der Waals surface area contributed by atoms with Gasteiger partial charge < -0.3 is 4.89 Å². The molecule has 1 aromatic rings. The first-order chi connectivity index (χ1) is 5.77. The molecule has 1 aliphatic rings. The lowest BCUT2D eigenvalue weighted by Crippen LogP contribution is -2.04. The van der Waals surface area contributed by atoms with Crippen molar-refractivity contribution >= 4 is 24.7 Å². The Labute approximate surface area is 69.1 Å². The summed E-state index contributed by atoms with van der Waals surface area (Å²) in [6, 6.07) is 4.64. The average molecular weight is 184 g/mol. The van der Waals surface area contributed by atoms with Crippen LogP contribution in [0.25, 0.3) is 0 Å². The summed E-state index contributed by atoms with van der Waals surface area (Å²) in [5, 5.41) is 0.267. The second kappa shape index (κ2) is 2.71. The van der Waals surface area contributed by atoms with Crippen LogP contribution in [-0.2, 0) is 9.50 Å². The summed E-state index contributed by atoms with van der Waals surface area (Å²) in [5.41, 5.74) is 6.44. The standard InChI is InChI=1S/C6H5N2O3P/c9-12(10)4-1-2-5-6(3-4)8-11-7-5/h1-3,7-8H. The van der Waals surface area contributed by atoms with Crippen molar-refractivity contribution in [1.82, 2.24) is 0 Å². The molecule has 2 rings (SSSR count). The third kappa shape index (κ3) is 1.14. The van der Waals surface area contributed by atoms with Crippen LogP contribution in [0, 0.1) is 0 Å². The van der Waals surface area contributed by atoms with Gasteiger partial charge in [0.1, 0.15) is 0 Å². The lowest BCUT2D eigenvalue weighted by molar-refractivity contribution is -0.160. The first kappa shape index (κ1) is 7.49. The minimum absolute atomic E-state index is 0.267. The first-order valence-corrected chi connectivity index (χ1v) is 4.41. The SMILES string of the molecule is O=[P+]([O-])c1ccc2c(c1)NON2. The highest BCUT2D eigenvalue weighted by Gasteiger charge is 2.15. The predicted octanol–water partition coefficient (Wildman–Crippen LogP) is 0.0986. The Balaban J connectivity index is 2.45. The maximum atomic E-state index is 10.5. The third-order valence-corrected chi connectivity index (χ3v) is 2.24. The summed E-state index contributed by atoms with van der Waals surface area (Å²) in [4.78, 5) is 15.2. The van der Waals surface area contributed by atoms with Crippen molar-refractivity contribution in [1.29, 1.82) is 0 Å². The van der Waals surface area contributed by atoms with Crippen molar-refractivity contribution in [2.24, 2.45) is 0 Å². The average Bonchev–Trinajstić information content (AvgIpc) is 2.49. The molecule has 1 aliphatic heterocycles. The van der Waals surface area contributed by atoms with Crippen LogP contribution in [-0.4, -0.2) is 0 Å². The fraction of sp³-hybridized carbons (Fsp3) is 0. The fourth-order valence-electron chi connectivity index (χ4n) is 0.955.